The van der Waals surface area contributed by atoms with Crippen LogP contribution in [0.25, 0.3) is 0 Å². The molecule has 0 atom stereocenters. The fourth-order valence-electron chi connectivity index (χ4n) is 1.13. The van der Waals surface area contributed by atoms with Crippen molar-refractivity contribution < 1.29 is 0 Å². The third kappa shape index (κ3) is 17.9. The monoisotopic (exact) mass is 203 g/mol. The highest BCUT2D eigenvalue weighted by atomic mass is 15.1. The second-order valence-electron chi connectivity index (χ2n) is 2.79. The molecule has 14 heavy (non-hydrogen) atoms. The van der Waals surface area contributed by atoms with E-state index in [0.717, 1.165) is 0 Å². The number of hydrogen-bond acceptors (Lipinski definition) is 1. The zero-order chi connectivity index (χ0) is 11.8. The van der Waals surface area contributed by atoms with E-state index in [2.05, 4.69) is 25.7 Å². The van der Waals surface area contributed by atoms with Crippen LogP contribution in [0.5, 0.6) is 0 Å². The van der Waals surface area contributed by atoms with E-state index in [4.69, 9.17) is 0 Å². The minimum Gasteiger partial charge on any atom is -0.304 e. The van der Waals surface area contributed by atoms with Gasteiger partial charge in [-0.1, -0.05) is 54.9 Å². The van der Waals surface area contributed by atoms with Gasteiger partial charge in [-0.25, -0.2) is 0 Å². The molecule has 0 fully saturated rings. The number of hydrogen-bond donors (Lipinski definition) is 0. The Balaban J connectivity index is -0.000000266. The molecule has 0 aromatic rings. The van der Waals surface area contributed by atoms with E-state index in [1.54, 1.807) is 0 Å². The molecule has 0 unspecified atom stereocenters. The molecule has 0 heterocycles. The van der Waals surface area contributed by atoms with Crippen molar-refractivity contribution in [1.82, 2.24) is 4.90 Å². The Hall–Kier alpha value is -0.0400. The van der Waals surface area contributed by atoms with Crippen LogP contribution >= 0.6 is 0 Å². The zero-order valence-corrected chi connectivity index (χ0v) is 11.7. The predicted molar refractivity (Wildman–Crippen MR) is 70.0 cm³/mol. The van der Waals surface area contributed by atoms with E-state index in [-0.39, 0.29) is 0 Å². The van der Waals surface area contributed by atoms with E-state index in [0.29, 0.717) is 0 Å². The molecular formula is C13H33N. The molecule has 0 aromatic heterocycles. The first-order valence-corrected chi connectivity index (χ1v) is 6.57. The van der Waals surface area contributed by atoms with Crippen molar-refractivity contribution in [2.75, 3.05) is 19.6 Å². The molecule has 0 aromatic carbocycles. The van der Waals surface area contributed by atoms with Crippen LogP contribution in [0.2, 0.25) is 0 Å². The van der Waals surface area contributed by atoms with Gasteiger partial charge in [0.1, 0.15) is 0 Å². The Labute approximate surface area is 92.9 Å². The third-order valence-electron chi connectivity index (χ3n) is 1.81. The van der Waals surface area contributed by atoms with Crippen LogP contribution in [-0.4, -0.2) is 24.5 Å². The molecule has 0 rings (SSSR count). The second-order valence-corrected chi connectivity index (χ2v) is 2.79. The number of unbranched alkanes of at least 4 members (excludes halogenated alkanes) is 1. The molecule has 0 bridgehead atoms. The van der Waals surface area contributed by atoms with Gasteiger partial charge in [0.25, 0.3) is 0 Å². The predicted octanol–water partition coefficient (Wildman–Crippen LogP) is 4.57. The van der Waals surface area contributed by atoms with Gasteiger partial charge in [0.15, 0.2) is 0 Å². The van der Waals surface area contributed by atoms with Gasteiger partial charge < -0.3 is 4.90 Å². The van der Waals surface area contributed by atoms with E-state index in [1.807, 2.05) is 27.7 Å². The van der Waals surface area contributed by atoms with E-state index in [9.17, 15) is 0 Å². The van der Waals surface area contributed by atoms with Crippen molar-refractivity contribution in [3.05, 3.63) is 0 Å². The van der Waals surface area contributed by atoms with Gasteiger partial charge in [-0.15, -0.1) is 0 Å². The lowest BCUT2D eigenvalue weighted by atomic mass is 10.3. The lowest BCUT2D eigenvalue weighted by Crippen LogP contribution is -2.25. The van der Waals surface area contributed by atoms with Gasteiger partial charge >= 0.3 is 0 Å². The maximum Gasteiger partial charge on any atom is -0.00190 e. The van der Waals surface area contributed by atoms with Crippen molar-refractivity contribution in [2.45, 2.75) is 67.7 Å². The Morgan fingerprint density at radius 3 is 1.50 bits per heavy atom. The summed E-state index contributed by atoms with van der Waals surface area (Å²) in [7, 11) is 0. The largest absolute Gasteiger partial charge is 0.304 e. The second kappa shape index (κ2) is 23.1. The highest BCUT2D eigenvalue weighted by Crippen LogP contribution is 1.95. The number of rotatable bonds is 6. The summed E-state index contributed by atoms with van der Waals surface area (Å²) in [5, 5.41) is 0. The van der Waals surface area contributed by atoms with Crippen LogP contribution in [0, 0.1) is 0 Å². The maximum atomic E-state index is 2.52. The molecule has 0 aliphatic heterocycles. The van der Waals surface area contributed by atoms with Crippen LogP contribution in [0.3, 0.4) is 0 Å². The highest BCUT2D eigenvalue weighted by Gasteiger charge is 1.97. The fourth-order valence-corrected chi connectivity index (χ4v) is 1.13. The molecule has 1 nitrogen and oxygen atoms in total. The quantitative estimate of drug-likeness (QED) is 0.611. The summed E-state index contributed by atoms with van der Waals surface area (Å²) < 4.78 is 0. The van der Waals surface area contributed by atoms with Crippen molar-refractivity contribution in [2.24, 2.45) is 0 Å². The summed E-state index contributed by atoms with van der Waals surface area (Å²) >= 11 is 0. The minimum absolute atomic E-state index is 1.22. The van der Waals surface area contributed by atoms with Gasteiger partial charge in [0.05, 0.1) is 0 Å². The Morgan fingerprint density at radius 2 is 1.21 bits per heavy atom. The molecule has 0 aliphatic carbocycles. The molecule has 1 heteroatoms. The average Bonchev–Trinajstić information content (AvgIpc) is 2.29. The average molecular weight is 203 g/mol. The van der Waals surface area contributed by atoms with Crippen LogP contribution < -0.4 is 0 Å². The van der Waals surface area contributed by atoms with Gasteiger partial charge in [0.2, 0.25) is 0 Å². The fraction of sp³-hybridized carbons (Fsp3) is 1.00. The van der Waals surface area contributed by atoms with Crippen LogP contribution in [0.1, 0.15) is 67.7 Å². The molecule has 0 N–H and O–H groups in total. The summed E-state index contributed by atoms with van der Waals surface area (Å²) in [6, 6.07) is 0. The highest BCUT2D eigenvalue weighted by molar-refractivity contribution is 4.52. The minimum atomic E-state index is 1.22. The Kier molecular flexibility index (Phi) is 32.2. The first kappa shape index (κ1) is 19.5. The van der Waals surface area contributed by atoms with Crippen molar-refractivity contribution in [3.8, 4) is 0 Å². The van der Waals surface area contributed by atoms with Crippen molar-refractivity contribution >= 4 is 0 Å². The van der Waals surface area contributed by atoms with Gasteiger partial charge in [-0.3, -0.25) is 0 Å². The number of nitrogens with zero attached hydrogens (tertiary/aromatic N) is 1. The summed E-state index contributed by atoms with van der Waals surface area (Å²) in [6.07, 6.45) is 3.96. The molecule has 90 valence electrons. The van der Waals surface area contributed by atoms with Gasteiger partial charge in [0, 0.05) is 0 Å². The normalized spacial score (nSPS) is 8.57. The summed E-state index contributed by atoms with van der Waals surface area (Å²) in [6.45, 7) is 18.5. The Bertz CT molecular complexity index is 62.3. The lowest BCUT2D eigenvalue weighted by molar-refractivity contribution is 0.284. The molecular weight excluding hydrogens is 170 g/mol. The van der Waals surface area contributed by atoms with Crippen LogP contribution in [0.4, 0.5) is 0 Å². The molecule has 0 radical (unpaired) electrons. The van der Waals surface area contributed by atoms with Gasteiger partial charge in [-0.2, -0.15) is 0 Å². The molecule has 0 saturated heterocycles. The summed E-state index contributed by atoms with van der Waals surface area (Å²) in [5.74, 6) is 0. The molecule has 0 spiro atoms. The zero-order valence-electron chi connectivity index (χ0n) is 11.7. The standard InChI is InChI=1S/C9H21N.2C2H6/c1-4-7-9-10(6-3)8-5-2;2*1-2/h4-9H2,1-3H3;2*1-2H3. The topological polar surface area (TPSA) is 3.24 Å². The first-order chi connectivity index (χ1) is 6.85. The van der Waals surface area contributed by atoms with E-state index < -0.39 is 0 Å². The summed E-state index contributed by atoms with van der Waals surface area (Å²) in [4.78, 5) is 2.52. The van der Waals surface area contributed by atoms with E-state index >= 15 is 0 Å². The van der Waals surface area contributed by atoms with Gasteiger partial charge in [-0.05, 0) is 32.5 Å². The molecule has 0 aliphatic rings. The SMILES string of the molecule is CC.CC.CCCCN(CC)CCC. The summed E-state index contributed by atoms with van der Waals surface area (Å²) in [5.41, 5.74) is 0. The van der Waals surface area contributed by atoms with Crippen LogP contribution in [0.15, 0.2) is 0 Å². The smallest absolute Gasteiger partial charge is 0.00190 e. The van der Waals surface area contributed by atoms with Crippen molar-refractivity contribution in [1.29, 1.82) is 0 Å². The third-order valence-corrected chi connectivity index (χ3v) is 1.81. The first-order valence-electron chi connectivity index (χ1n) is 6.57. The maximum absolute atomic E-state index is 2.52. The van der Waals surface area contributed by atoms with Crippen LogP contribution in [-0.2, 0) is 0 Å². The lowest BCUT2D eigenvalue weighted by Gasteiger charge is -2.18. The van der Waals surface area contributed by atoms with E-state index in [1.165, 1.54) is 38.9 Å². The molecule has 0 amide bonds. The van der Waals surface area contributed by atoms with Crippen molar-refractivity contribution in [3.63, 3.8) is 0 Å². The Morgan fingerprint density at radius 1 is 0.714 bits per heavy atom. The molecule has 0 saturated carbocycles.